The normalized spacial score (nSPS) is 13.3. The molecular formula is C14H19F4NO. The smallest absolute Gasteiger partial charge is 0.392 e. The fourth-order valence-corrected chi connectivity index (χ4v) is 1.83. The van der Waals surface area contributed by atoms with Crippen molar-refractivity contribution in [3.63, 3.8) is 0 Å². The maximum atomic E-state index is 13.6. The lowest BCUT2D eigenvalue weighted by atomic mass is 10.0. The first kappa shape index (κ1) is 16.8. The molecule has 0 fully saturated rings. The molecule has 20 heavy (non-hydrogen) atoms. The minimum Gasteiger partial charge on any atom is -0.493 e. The van der Waals surface area contributed by atoms with Crippen molar-refractivity contribution in [3.05, 3.63) is 29.1 Å². The molecule has 0 radical (unpaired) electrons. The van der Waals surface area contributed by atoms with Gasteiger partial charge in [0, 0.05) is 11.6 Å². The molecule has 1 aromatic rings. The number of ether oxygens (including phenoxy) is 1. The standard InChI is InChI=1S/C14H19F4NO/c1-4-19-10(3)11-8-12(15)9(2)7-13(11)20-6-5-14(16,17)18/h7-8,10,19H,4-6H2,1-3H3. The van der Waals surface area contributed by atoms with Crippen LogP contribution in [-0.4, -0.2) is 19.3 Å². The average molecular weight is 293 g/mol. The van der Waals surface area contributed by atoms with Gasteiger partial charge in [-0.2, -0.15) is 13.2 Å². The first-order chi connectivity index (χ1) is 9.24. The van der Waals surface area contributed by atoms with Gasteiger partial charge in [-0.25, -0.2) is 4.39 Å². The van der Waals surface area contributed by atoms with Gasteiger partial charge in [0.05, 0.1) is 13.0 Å². The van der Waals surface area contributed by atoms with Gasteiger partial charge in [-0.15, -0.1) is 0 Å². The summed E-state index contributed by atoms with van der Waals surface area (Å²) in [5, 5.41) is 3.09. The Bertz CT molecular complexity index is 446. The quantitative estimate of drug-likeness (QED) is 0.796. The molecular weight excluding hydrogens is 274 g/mol. The monoisotopic (exact) mass is 293 g/mol. The second kappa shape index (κ2) is 6.92. The van der Waals surface area contributed by atoms with Gasteiger partial charge in [-0.05, 0) is 38.1 Å². The number of rotatable bonds is 6. The van der Waals surface area contributed by atoms with Crippen molar-refractivity contribution in [2.75, 3.05) is 13.2 Å². The largest absolute Gasteiger partial charge is 0.493 e. The highest BCUT2D eigenvalue weighted by Gasteiger charge is 2.27. The Labute approximate surface area is 116 Å². The number of aryl methyl sites for hydroxylation is 1. The van der Waals surface area contributed by atoms with Crippen LogP contribution in [0.25, 0.3) is 0 Å². The van der Waals surface area contributed by atoms with Crippen molar-refractivity contribution in [3.8, 4) is 5.75 Å². The first-order valence-corrected chi connectivity index (χ1v) is 6.47. The zero-order valence-corrected chi connectivity index (χ0v) is 11.8. The molecule has 0 amide bonds. The maximum Gasteiger partial charge on any atom is 0.392 e. The van der Waals surface area contributed by atoms with Crippen LogP contribution in [0.15, 0.2) is 12.1 Å². The van der Waals surface area contributed by atoms with Crippen LogP contribution >= 0.6 is 0 Å². The summed E-state index contributed by atoms with van der Waals surface area (Å²) in [6.45, 7) is 5.45. The van der Waals surface area contributed by atoms with E-state index in [9.17, 15) is 17.6 Å². The second-order valence-corrected chi connectivity index (χ2v) is 4.63. The van der Waals surface area contributed by atoms with E-state index in [-0.39, 0.29) is 6.04 Å². The average Bonchev–Trinajstić information content (AvgIpc) is 2.32. The molecule has 2 nitrogen and oxygen atoms in total. The van der Waals surface area contributed by atoms with Crippen LogP contribution in [0.3, 0.4) is 0 Å². The van der Waals surface area contributed by atoms with E-state index in [0.29, 0.717) is 23.4 Å². The lowest BCUT2D eigenvalue weighted by Crippen LogP contribution is -2.20. The van der Waals surface area contributed by atoms with Crippen LogP contribution in [0.1, 0.15) is 37.4 Å². The van der Waals surface area contributed by atoms with E-state index < -0.39 is 25.0 Å². The number of hydrogen-bond donors (Lipinski definition) is 1. The third-order valence-corrected chi connectivity index (χ3v) is 2.91. The Hall–Kier alpha value is -1.30. The molecule has 0 aliphatic heterocycles. The molecule has 0 aliphatic rings. The summed E-state index contributed by atoms with van der Waals surface area (Å²) in [6, 6.07) is 2.55. The summed E-state index contributed by atoms with van der Waals surface area (Å²) in [5.74, 6) is -0.102. The van der Waals surface area contributed by atoms with Crippen LogP contribution in [0, 0.1) is 12.7 Å². The molecule has 1 aromatic carbocycles. The molecule has 0 bridgehead atoms. The topological polar surface area (TPSA) is 21.3 Å². The molecule has 0 aliphatic carbocycles. The van der Waals surface area contributed by atoms with Gasteiger partial charge >= 0.3 is 6.18 Å². The third-order valence-electron chi connectivity index (χ3n) is 2.91. The number of nitrogens with one attached hydrogen (secondary N) is 1. The minimum absolute atomic E-state index is 0.198. The summed E-state index contributed by atoms with van der Waals surface area (Å²) in [6.07, 6.45) is -5.29. The molecule has 6 heteroatoms. The van der Waals surface area contributed by atoms with Crippen LogP contribution in [0.2, 0.25) is 0 Å². The van der Waals surface area contributed by atoms with E-state index in [1.54, 1.807) is 6.92 Å². The molecule has 0 spiro atoms. The van der Waals surface area contributed by atoms with Crippen LogP contribution in [0.4, 0.5) is 17.6 Å². The Morgan fingerprint density at radius 2 is 1.95 bits per heavy atom. The van der Waals surface area contributed by atoms with Crippen molar-refractivity contribution in [1.82, 2.24) is 5.32 Å². The van der Waals surface area contributed by atoms with Crippen molar-refractivity contribution >= 4 is 0 Å². The molecule has 0 saturated heterocycles. The fraction of sp³-hybridized carbons (Fsp3) is 0.571. The number of halogens is 4. The molecule has 114 valence electrons. The minimum atomic E-state index is -4.26. The third kappa shape index (κ3) is 5.00. The van der Waals surface area contributed by atoms with Gasteiger partial charge in [-0.1, -0.05) is 6.92 Å². The Morgan fingerprint density at radius 1 is 1.30 bits per heavy atom. The molecule has 1 unspecified atom stereocenters. The summed E-state index contributed by atoms with van der Waals surface area (Å²) in [7, 11) is 0. The van der Waals surface area contributed by atoms with Gasteiger partial charge in [0.15, 0.2) is 0 Å². The summed E-state index contributed by atoms with van der Waals surface area (Å²) < 4.78 is 55.2. The zero-order chi connectivity index (χ0) is 15.3. The van der Waals surface area contributed by atoms with Gasteiger partial charge in [-0.3, -0.25) is 0 Å². The molecule has 0 saturated carbocycles. The number of benzene rings is 1. The predicted octanol–water partition coefficient (Wildman–Crippen LogP) is 4.14. The summed E-state index contributed by atoms with van der Waals surface area (Å²) in [4.78, 5) is 0. The van der Waals surface area contributed by atoms with Gasteiger partial charge < -0.3 is 10.1 Å². The van der Waals surface area contributed by atoms with Crippen LogP contribution < -0.4 is 10.1 Å². The fourth-order valence-electron chi connectivity index (χ4n) is 1.83. The highest BCUT2D eigenvalue weighted by atomic mass is 19.4. The van der Waals surface area contributed by atoms with E-state index in [4.69, 9.17) is 4.74 Å². The lowest BCUT2D eigenvalue weighted by Gasteiger charge is -2.19. The van der Waals surface area contributed by atoms with Crippen LogP contribution in [-0.2, 0) is 0 Å². The van der Waals surface area contributed by atoms with Crippen LogP contribution in [0.5, 0.6) is 5.75 Å². The highest BCUT2D eigenvalue weighted by Crippen LogP contribution is 2.29. The second-order valence-electron chi connectivity index (χ2n) is 4.63. The van der Waals surface area contributed by atoms with Crippen molar-refractivity contribution in [2.24, 2.45) is 0 Å². The molecule has 0 heterocycles. The Kier molecular flexibility index (Phi) is 5.80. The Balaban J connectivity index is 2.89. The molecule has 0 aromatic heterocycles. The first-order valence-electron chi connectivity index (χ1n) is 6.47. The van der Waals surface area contributed by atoms with Crippen molar-refractivity contribution < 1.29 is 22.3 Å². The SMILES string of the molecule is CCNC(C)c1cc(F)c(C)cc1OCCC(F)(F)F. The van der Waals surface area contributed by atoms with E-state index in [1.807, 2.05) is 13.8 Å². The van der Waals surface area contributed by atoms with Crippen molar-refractivity contribution in [2.45, 2.75) is 39.4 Å². The van der Waals surface area contributed by atoms with Crippen molar-refractivity contribution in [1.29, 1.82) is 0 Å². The van der Waals surface area contributed by atoms with E-state index in [0.717, 1.165) is 0 Å². The van der Waals surface area contributed by atoms with Gasteiger partial charge in [0.2, 0.25) is 0 Å². The highest BCUT2D eigenvalue weighted by molar-refractivity contribution is 5.40. The lowest BCUT2D eigenvalue weighted by molar-refractivity contribution is -0.139. The van der Waals surface area contributed by atoms with Gasteiger partial charge in [0.25, 0.3) is 0 Å². The molecule has 1 atom stereocenters. The Morgan fingerprint density at radius 3 is 2.50 bits per heavy atom. The zero-order valence-electron chi connectivity index (χ0n) is 11.8. The van der Waals surface area contributed by atoms with E-state index in [2.05, 4.69) is 5.32 Å². The van der Waals surface area contributed by atoms with E-state index >= 15 is 0 Å². The molecule has 1 rings (SSSR count). The summed E-state index contributed by atoms with van der Waals surface area (Å²) in [5.41, 5.74) is 0.872. The summed E-state index contributed by atoms with van der Waals surface area (Å²) >= 11 is 0. The van der Waals surface area contributed by atoms with Gasteiger partial charge in [0.1, 0.15) is 11.6 Å². The van der Waals surface area contributed by atoms with E-state index in [1.165, 1.54) is 12.1 Å². The molecule has 1 N–H and O–H groups in total. The number of alkyl halides is 3. The number of hydrogen-bond acceptors (Lipinski definition) is 2. The maximum absolute atomic E-state index is 13.6. The predicted molar refractivity (Wildman–Crippen MR) is 69.4 cm³/mol.